The number of rotatable bonds is 10. The fraction of sp³-hybridized carbons (Fsp3) is 0.350. The first-order chi connectivity index (χ1) is 13.9. The van der Waals surface area contributed by atoms with E-state index in [1.54, 1.807) is 36.0 Å². The molecule has 0 atom stereocenters. The van der Waals surface area contributed by atoms with Crippen LogP contribution in [-0.2, 0) is 16.4 Å². The van der Waals surface area contributed by atoms with Gasteiger partial charge in [-0.3, -0.25) is 4.99 Å². The van der Waals surface area contributed by atoms with E-state index < -0.39 is 10.0 Å². The van der Waals surface area contributed by atoms with Gasteiger partial charge in [-0.05, 0) is 67.5 Å². The summed E-state index contributed by atoms with van der Waals surface area (Å²) in [7, 11) is -3.66. The lowest BCUT2D eigenvalue weighted by molar-refractivity contribution is 0.597. The van der Waals surface area contributed by atoms with Gasteiger partial charge in [-0.2, -0.15) is 0 Å². The second kappa shape index (κ2) is 11.8. The molecule has 0 amide bonds. The number of aliphatic imine (C=N–C) groups is 1. The highest BCUT2D eigenvalue weighted by Gasteiger charge is 2.06. The predicted molar refractivity (Wildman–Crippen MR) is 117 cm³/mol. The van der Waals surface area contributed by atoms with Crippen molar-refractivity contribution >= 4 is 27.7 Å². The molecule has 0 saturated heterocycles. The molecule has 0 aliphatic rings. The SMILES string of the molecule is CCNC(=NCCCSc1ccc(F)cc1)NCCc1ccc(S(N)(=O)=O)cc1. The molecule has 158 valence electrons. The highest BCUT2D eigenvalue weighted by molar-refractivity contribution is 7.99. The molecule has 0 bridgehead atoms. The number of nitrogens with one attached hydrogen (secondary N) is 2. The van der Waals surface area contributed by atoms with Crippen molar-refractivity contribution in [2.45, 2.75) is 29.6 Å². The molecule has 0 fully saturated rings. The van der Waals surface area contributed by atoms with E-state index in [1.165, 1.54) is 24.3 Å². The topological polar surface area (TPSA) is 96.6 Å². The molecule has 0 heterocycles. The second-order valence-corrected chi connectivity index (χ2v) is 9.01. The maximum atomic E-state index is 12.9. The van der Waals surface area contributed by atoms with Crippen LogP contribution in [0.15, 0.2) is 63.3 Å². The number of benzene rings is 2. The van der Waals surface area contributed by atoms with Crippen LogP contribution >= 0.6 is 11.8 Å². The van der Waals surface area contributed by atoms with Crippen LogP contribution in [0, 0.1) is 5.82 Å². The fourth-order valence-electron chi connectivity index (χ4n) is 2.49. The van der Waals surface area contributed by atoms with Crippen molar-refractivity contribution in [3.63, 3.8) is 0 Å². The van der Waals surface area contributed by atoms with E-state index in [4.69, 9.17) is 5.14 Å². The van der Waals surface area contributed by atoms with Crippen LogP contribution in [0.4, 0.5) is 4.39 Å². The van der Waals surface area contributed by atoms with Gasteiger partial charge in [0.1, 0.15) is 5.82 Å². The molecule has 2 rings (SSSR count). The number of hydrogen-bond acceptors (Lipinski definition) is 4. The second-order valence-electron chi connectivity index (χ2n) is 6.28. The van der Waals surface area contributed by atoms with Gasteiger partial charge < -0.3 is 10.6 Å². The molecule has 9 heteroatoms. The molecule has 6 nitrogen and oxygen atoms in total. The molecular weight excluding hydrogens is 411 g/mol. The molecule has 4 N–H and O–H groups in total. The summed E-state index contributed by atoms with van der Waals surface area (Å²) in [5.41, 5.74) is 1.01. The van der Waals surface area contributed by atoms with Crippen LogP contribution in [0.1, 0.15) is 18.9 Å². The zero-order valence-corrected chi connectivity index (χ0v) is 18.0. The summed E-state index contributed by atoms with van der Waals surface area (Å²) >= 11 is 1.68. The van der Waals surface area contributed by atoms with E-state index in [1.807, 2.05) is 6.92 Å². The summed E-state index contributed by atoms with van der Waals surface area (Å²) in [6, 6.07) is 13.1. The Hall–Kier alpha value is -2.10. The summed E-state index contributed by atoms with van der Waals surface area (Å²) < 4.78 is 35.5. The van der Waals surface area contributed by atoms with Crippen LogP contribution in [0.3, 0.4) is 0 Å². The van der Waals surface area contributed by atoms with E-state index in [0.29, 0.717) is 13.1 Å². The Morgan fingerprint density at radius 3 is 2.41 bits per heavy atom. The van der Waals surface area contributed by atoms with Gasteiger partial charge in [0, 0.05) is 24.5 Å². The van der Waals surface area contributed by atoms with Crippen molar-refractivity contribution < 1.29 is 12.8 Å². The molecule has 0 unspecified atom stereocenters. The van der Waals surface area contributed by atoms with Gasteiger partial charge in [-0.15, -0.1) is 11.8 Å². The molecular formula is C20H27FN4O2S2. The third-order valence-corrected chi connectivity index (χ3v) is 5.98. The van der Waals surface area contributed by atoms with Crippen LogP contribution < -0.4 is 15.8 Å². The first-order valence-corrected chi connectivity index (χ1v) is 11.9. The van der Waals surface area contributed by atoms with Crippen LogP contribution in [0.2, 0.25) is 0 Å². The van der Waals surface area contributed by atoms with E-state index in [-0.39, 0.29) is 10.7 Å². The summed E-state index contributed by atoms with van der Waals surface area (Å²) in [4.78, 5) is 5.73. The zero-order chi connectivity index (χ0) is 21.1. The van der Waals surface area contributed by atoms with Gasteiger partial charge >= 0.3 is 0 Å². The Balaban J connectivity index is 1.73. The quantitative estimate of drug-likeness (QED) is 0.229. The first-order valence-electron chi connectivity index (χ1n) is 9.41. The molecule has 0 aliphatic heterocycles. The van der Waals surface area contributed by atoms with Crippen molar-refractivity contribution in [3.05, 3.63) is 59.9 Å². The van der Waals surface area contributed by atoms with E-state index >= 15 is 0 Å². The minimum Gasteiger partial charge on any atom is -0.357 e. The predicted octanol–water partition coefficient (Wildman–Crippen LogP) is 2.75. The average molecular weight is 439 g/mol. The van der Waals surface area contributed by atoms with E-state index in [0.717, 1.165) is 41.6 Å². The minimum atomic E-state index is -3.66. The highest BCUT2D eigenvalue weighted by atomic mass is 32.2. The summed E-state index contributed by atoms with van der Waals surface area (Å²) in [5, 5.41) is 11.6. The molecule has 0 radical (unpaired) electrons. The molecule has 2 aromatic rings. The Bertz CT molecular complexity index is 886. The Labute approximate surface area is 176 Å². The molecule has 0 aromatic heterocycles. The standard InChI is InChI=1S/C20H27FN4O2S2/c1-2-23-20(24-13-3-15-28-18-8-6-17(21)7-9-18)25-14-12-16-4-10-19(11-5-16)29(22,26)27/h4-11H,2-3,12-15H2,1H3,(H2,22,26,27)(H2,23,24,25). The summed E-state index contributed by atoms with van der Waals surface area (Å²) in [5.74, 6) is 1.44. The lowest BCUT2D eigenvalue weighted by atomic mass is 10.1. The molecule has 29 heavy (non-hydrogen) atoms. The van der Waals surface area contributed by atoms with Crippen LogP contribution in [0.25, 0.3) is 0 Å². The fourth-order valence-corrected chi connectivity index (χ4v) is 3.84. The number of thioether (sulfide) groups is 1. The number of sulfonamides is 1. The number of nitrogens with zero attached hydrogens (tertiary/aromatic N) is 1. The number of nitrogens with two attached hydrogens (primary N) is 1. The van der Waals surface area contributed by atoms with Gasteiger partial charge in [0.15, 0.2) is 5.96 Å². The Morgan fingerprint density at radius 2 is 1.79 bits per heavy atom. The van der Waals surface area contributed by atoms with Gasteiger partial charge in [0.25, 0.3) is 0 Å². The lowest BCUT2D eigenvalue weighted by Crippen LogP contribution is -2.38. The highest BCUT2D eigenvalue weighted by Crippen LogP contribution is 2.18. The van der Waals surface area contributed by atoms with Gasteiger partial charge in [0.05, 0.1) is 4.90 Å². The number of primary sulfonamides is 1. The molecule has 0 saturated carbocycles. The van der Waals surface area contributed by atoms with Crippen molar-refractivity contribution in [2.24, 2.45) is 10.1 Å². The molecule has 0 aliphatic carbocycles. The van der Waals surface area contributed by atoms with Gasteiger partial charge in [-0.25, -0.2) is 17.9 Å². The molecule has 2 aromatic carbocycles. The minimum absolute atomic E-state index is 0.114. The third kappa shape index (κ3) is 8.84. The first kappa shape index (κ1) is 23.2. The Kier molecular flexibility index (Phi) is 9.43. The Morgan fingerprint density at radius 1 is 1.10 bits per heavy atom. The van der Waals surface area contributed by atoms with Crippen molar-refractivity contribution in [3.8, 4) is 0 Å². The smallest absolute Gasteiger partial charge is 0.238 e. The molecule has 0 spiro atoms. The average Bonchev–Trinajstić information content (AvgIpc) is 2.69. The number of halogens is 1. The normalized spacial score (nSPS) is 12.0. The summed E-state index contributed by atoms with van der Waals surface area (Å²) in [6.07, 6.45) is 1.64. The third-order valence-electron chi connectivity index (χ3n) is 3.96. The van der Waals surface area contributed by atoms with Crippen molar-refractivity contribution in [2.75, 3.05) is 25.4 Å². The largest absolute Gasteiger partial charge is 0.357 e. The van der Waals surface area contributed by atoms with Crippen molar-refractivity contribution in [1.29, 1.82) is 0 Å². The maximum absolute atomic E-state index is 12.9. The van der Waals surface area contributed by atoms with Crippen LogP contribution in [-0.4, -0.2) is 39.8 Å². The number of guanidine groups is 1. The number of hydrogen-bond donors (Lipinski definition) is 3. The monoisotopic (exact) mass is 438 g/mol. The van der Waals surface area contributed by atoms with Gasteiger partial charge in [0.2, 0.25) is 10.0 Å². The van der Waals surface area contributed by atoms with E-state index in [9.17, 15) is 12.8 Å². The lowest BCUT2D eigenvalue weighted by Gasteiger charge is -2.11. The van der Waals surface area contributed by atoms with Crippen molar-refractivity contribution in [1.82, 2.24) is 10.6 Å². The van der Waals surface area contributed by atoms with E-state index in [2.05, 4.69) is 15.6 Å². The van der Waals surface area contributed by atoms with Crippen LogP contribution in [0.5, 0.6) is 0 Å². The maximum Gasteiger partial charge on any atom is 0.238 e. The van der Waals surface area contributed by atoms with Gasteiger partial charge in [-0.1, -0.05) is 12.1 Å². The summed E-state index contributed by atoms with van der Waals surface area (Å²) in [6.45, 7) is 4.13. The zero-order valence-electron chi connectivity index (χ0n) is 16.4.